The number of ether oxygens (including phenoxy) is 2. The van der Waals surface area contributed by atoms with Crippen LogP contribution in [0.25, 0.3) is 0 Å². The first-order valence-electron chi connectivity index (χ1n) is 4.37. The maximum Gasteiger partial charge on any atom is 0.188 e. The molecule has 0 spiro atoms. The second-order valence-corrected chi connectivity index (χ2v) is 3.91. The predicted molar refractivity (Wildman–Crippen MR) is 63.7 cm³/mol. The van der Waals surface area contributed by atoms with Crippen LogP contribution in [0.1, 0.15) is 10.4 Å². The number of allylic oxidation sites excluding steroid dienone is 1. The Morgan fingerprint density at radius 1 is 1.12 bits per heavy atom. The Morgan fingerprint density at radius 2 is 1.62 bits per heavy atom. The lowest BCUT2D eigenvalue weighted by molar-refractivity contribution is 0.104. The highest BCUT2D eigenvalue weighted by molar-refractivity contribution is 6.57. The monoisotopic (exact) mass is 260 g/mol. The first-order valence-corrected chi connectivity index (χ1v) is 5.12. The van der Waals surface area contributed by atoms with E-state index in [1.165, 1.54) is 14.2 Å². The van der Waals surface area contributed by atoms with E-state index < -0.39 is 0 Å². The Bertz CT molecular complexity index is 401. The van der Waals surface area contributed by atoms with E-state index in [0.717, 1.165) is 6.08 Å². The third-order valence-corrected chi connectivity index (χ3v) is 2.09. The SMILES string of the molecule is COc1cc(OC)cc(C(=O)C=C(Cl)Cl)c1. The molecule has 0 aliphatic carbocycles. The van der Waals surface area contributed by atoms with Crippen molar-refractivity contribution in [3.8, 4) is 11.5 Å². The van der Waals surface area contributed by atoms with Gasteiger partial charge in [0.15, 0.2) is 5.78 Å². The number of halogens is 2. The number of hydrogen-bond donors (Lipinski definition) is 0. The molecule has 1 aromatic rings. The van der Waals surface area contributed by atoms with Crippen LogP contribution in [0.4, 0.5) is 0 Å². The third-order valence-electron chi connectivity index (χ3n) is 1.88. The van der Waals surface area contributed by atoms with Gasteiger partial charge < -0.3 is 9.47 Å². The van der Waals surface area contributed by atoms with Crippen molar-refractivity contribution in [2.24, 2.45) is 0 Å². The van der Waals surface area contributed by atoms with Gasteiger partial charge in [0.25, 0.3) is 0 Å². The summed E-state index contributed by atoms with van der Waals surface area (Å²) in [5.74, 6) is 0.751. The highest BCUT2D eigenvalue weighted by atomic mass is 35.5. The minimum Gasteiger partial charge on any atom is -0.497 e. The van der Waals surface area contributed by atoms with Gasteiger partial charge in [-0.25, -0.2) is 0 Å². The molecule has 0 saturated carbocycles. The molecule has 0 atom stereocenters. The molecule has 0 heterocycles. The molecule has 0 aliphatic rings. The van der Waals surface area contributed by atoms with Gasteiger partial charge in [0.05, 0.1) is 14.2 Å². The molecule has 0 bridgehead atoms. The topological polar surface area (TPSA) is 35.5 Å². The molecule has 0 unspecified atom stereocenters. The zero-order valence-corrected chi connectivity index (χ0v) is 10.3. The summed E-state index contributed by atoms with van der Waals surface area (Å²) in [7, 11) is 3.01. The van der Waals surface area contributed by atoms with Crippen molar-refractivity contribution >= 4 is 29.0 Å². The quantitative estimate of drug-likeness (QED) is 0.616. The van der Waals surface area contributed by atoms with Crippen molar-refractivity contribution in [3.63, 3.8) is 0 Å². The number of hydrogen-bond acceptors (Lipinski definition) is 3. The van der Waals surface area contributed by atoms with E-state index in [2.05, 4.69) is 0 Å². The maximum absolute atomic E-state index is 11.6. The Labute approximate surface area is 104 Å². The first-order chi connectivity index (χ1) is 7.56. The number of rotatable bonds is 4. The van der Waals surface area contributed by atoms with E-state index in [0.29, 0.717) is 17.1 Å². The number of carbonyl (C=O) groups is 1. The Kier molecular flexibility index (Phi) is 4.65. The Balaban J connectivity index is 3.13. The van der Waals surface area contributed by atoms with Gasteiger partial charge >= 0.3 is 0 Å². The van der Waals surface area contributed by atoms with Crippen LogP contribution in [0.5, 0.6) is 11.5 Å². The molecule has 1 aromatic carbocycles. The summed E-state index contributed by atoms with van der Waals surface area (Å²) >= 11 is 10.8. The fraction of sp³-hybridized carbons (Fsp3) is 0.182. The van der Waals surface area contributed by atoms with Gasteiger partial charge in [-0.05, 0) is 12.1 Å². The molecule has 86 valence electrons. The average molecular weight is 261 g/mol. The van der Waals surface area contributed by atoms with Crippen LogP contribution in [-0.2, 0) is 0 Å². The molecule has 0 N–H and O–H groups in total. The maximum atomic E-state index is 11.6. The van der Waals surface area contributed by atoms with Gasteiger partial charge in [0, 0.05) is 17.7 Å². The number of methoxy groups -OCH3 is 2. The molecule has 16 heavy (non-hydrogen) atoms. The summed E-state index contributed by atoms with van der Waals surface area (Å²) in [6.45, 7) is 0. The van der Waals surface area contributed by atoms with Crippen LogP contribution in [0.15, 0.2) is 28.8 Å². The van der Waals surface area contributed by atoms with Gasteiger partial charge in [-0.2, -0.15) is 0 Å². The molecule has 1 rings (SSSR count). The lowest BCUT2D eigenvalue weighted by Gasteiger charge is -2.06. The summed E-state index contributed by atoms with van der Waals surface area (Å²) in [5.41, 5.74) is 0.398. The minimum absolute atomic E-state index is 0.0909. The van der Waals surface area contributed by atoms with Crippen molar-refractivity contribution in [3.05, 3.63) is 34.3 Å². The molecule has 0 aromatic heterocycles. The molecule has 0 fully saturated rings. The largest absolute Gasteiger partial charge is 0.497 e. The molecule has 0 radical (unpaired) electrons. The number of ketones is 1. The van der Waals surface area contributed by atoms with E-state index >= 15 is 0 Å². The zero-order chi connectivity index (χ0) is 12.1. The molecular weight excluding hydrogens is 251 g/mol. The van der Waals surface area contributed by atoms with Crippen LogP contribution >= 0.6 is 23.2 Å². The Morgan fingerprint density at radius 3 is 2.00 bits per heavy atom. The highest BCUT2D eigenvalue weighted by Crippen LogP contribution is 2.23. The molecule has 5 heteroatoms. The lowest BCUT2D eigenvalue weighted by Crippen LogP contribution is -1.97. The van der Waals surface area contributed by atoms with Gasteiger partial charge in [-0.1, -0.05) is 23.2 Å². The van der Waals surface area contributed by atoms with Crippen LogP contribution in [0.3, 0.4) is 0 Å². The summed E-state index contributed by atoms with van der Waals surface area (Å²) in [4.78, 5) is 11.6. The summed E-state index contributed by atoms with van der Waals surface area (Å²) < 4.78 is 9.98. The van der Waals surface area contributed by atoms with Crippen LogP contribution < -0.4 is 9.47 Å². The second kappa shape index (κ2) is 5.77. The first kappa shape index (κ1) is 12.9. The van der Waals surface area contributed by atoms with Gasteiger partial charge in [-0.3, -0.25) is 4.79 Å². The summed E-state index contributed by atoms with van der Waals surface area (Å²) in [6, 6.07) is 4.83. The van der Waals surface area contributed by atoms with E-state index in [1.807, 2.05) is 0 Å². The molecule has 0 aliphatic heterocycles. The normalized spacial score (nSPS) is 9.50. The number of benzene rings is 1. The standard InChI is InChI=1S/C11H10Cl2O3/c1-15-8-3-7(4-9(5-8)16-2)10(14)6-11(12)13/h3-6H,1-2H3. The van der Waals surface area contributed by atoms with E-state index in [-0.39, 0.29) is 10.3 Å². The lowest BCUT2D eigenvalue weighted by atomic mass is 10.1. The van der Waals surface area contributed by atoms with Crippen molar-refractivity contribution in [1.29, 1.82) is 0 Å². The fourth-order valence-electron chi connectivity index (χ4n) is 1.13. The molecular formula is C11H10Cl2O3. The Hall–Kier alpha value is -1.19. The zero-order valence-electron chi connectivity index (χ0n) is 8.79. The van der Waals surface area contributed by atoms with Gasteiger partial charge in [0.2, 0.25) is 0 Å². The molecule has 0 amide bonds. The highest BCUT2D eigenvalue weighted by Gasteiger charge is 2.08. The average Bonchev–Trinajstić information content (AvgIpc) is 2.27. The summed E-state index contributed by atoms with van der Waals surface area (Å²) in [5, 5.41) is 0. The van der Waals surface area contributed by atoms with Crippen molar-refractivity contribution in [2.75, 3.05) is 14.2 Å². The third kappa shape index (κ3) is 3.43. The van der Waals surface area contributed by atoms with Gasteiger partial charge in [-0.15, -0.1) is 0 Å². The van der Waals surface area contributed by atoms with Crippen LogP contribution in [0.2, 0.25) is 0 Å². The van der Waals surface area contributed by atoms with E-state index in [4.69, 9.17) is 32.7 Å². The van der Waals surface area contributed by atoms with Crippen LogP contribution in [-0.4, -0.2) is 20.0 Å². The van der Waals surface area contributed by atoms with Gasteiger partial charge in [0.1, 0.15) is 16.0 Å². The van der Waals surface area contributed by atoms with Crippen molar-refractivity contribution in [2.45, 2.75) is 0 Å². The second-order valence-electron chi connectivity index (χ2n) is 2.90. The molecule has 0 saturated heterocycles. The van der Waals surface area contributed by atoms with E-state index in [9.17, 15) is 4.79 Å². The van der Waals surface area contributed by atoms with Crippen LogP contribution in [0, 0.1) is 0 Å². The smallest absolute Gasteiger partial charge is 0.188 e. The van der Waals surface area contributed by atoms with Crippen molar-refractivity contribution < 1.29 is 14.3 Å². The predicted octanol–water partition coefficient (Wildman–Crippen LogP) is 3.21. The number of carbonyl (C=O) groups excluding carboxylic acids is 1. The van der Waals surface area contributed by atoms with Crippen molar-refractivity contribution in [1.82, 2.24) is 0 Å². The minimum atomic E-state index is -0.308. The molecule has 3 nitrogen and oxygen atoms in total. The fourth-order valence-corrected chi connectivity index (χ4v) is 1.33. The van der Waals surface area contributed by atoms with E-state index in [1.54, 1.807) is 18.2 Å². The summed E-state index contributed by atoms with van der Waals surface area (Å²) in [6.07, 6.45) is 1.12.